The molecule has 1 aromatic heterocycles. The molecule has 0 bridgehead atoms. The molecular weight excluding hydrogens is 250 g/mol. The van der Waals surface area contributed by atoms with Crippen molar-refractivity contribution in [3.8, 4) is 0 Å². The number of aryl methyl sites for hydroxylation is 1. The fraction of sp³-hybridized carbons (Fsp3) is 0.583. The van der Waals surface area contributed by atoms with E-state index in [1.54, 1.807) is 20.8 Å². The van der Waals surface area contributed by atoms with E-state index in [-0.39, 0.29) is 12.4 Å². The number of nitrogens with one attached hydrogen (secondary N) is 1. The van der Waals surface area contributed by atoms with Crippen LogP contribution in [0.2, 0.25) is 0 Å². The normalized spacial score (nSPS) is 11.2. The van der Waals surface area contributed by atoms with Crippen molar-refractivity contribution in [3.05, 3.63) is 22.7 Å². The van der Waals surface area contributed by atoms with Crippen molar-refractivity contribution < 1.29 is 14.6 Å². The molecule has 0 radical (unpaired) electrons. The van der Waals surface area contributed by atoms with E-state index in [0.29, 0.717) is 13.0 Å². The van der Waals surface area contributed by atoms with Crippen LogP contribution >= 0.6 is 0 Å². The van der Waals surface area contributed by atoms with Gasteiger partial charge in [0.25, 0.3) is 0 Å². The second kappa shape index (κ2) is 6.33. The number of amides is 1. The van der Waals surface area contributed by atoms with Gasteiger partial charge in [-0.05, 0) is 33.3 Å². The highest BCUT2D eigenvalue weighted by Gasteiger charge is 2.16. The van der Waals surface area contributed by atoms with Crippen LogP contribution in [0.4, 0.5) is 10.6 Å². The Balaban J connectivity index is 2.68. The summed E-state index contributed by atoms with van der Waals surface area (Å²) in [6, 6.07) is 1.50. The highest BCUT2D eigenvalue weighted by Crippen LogP contribution is 2.08. The molecule has 0 aliphatic rings. The van der Waals surface area contributed by atoms with E-state index in [9.17, 15) is 9.59 Å². The second-order valence-corrected chi connectivity index (χ2v) is 4.99. The van der Waals surface area contributed by atoms with Crippen LogP contribution in [0.1, 0.15) is 27.2 Å². The highest BCUT2D eigenvalue weighted by atomic mass is 16.6. The molecule has 0 aliphatic carbocycles. The SMILES string of the molecule is CC(C)(C)OC(=O)Nc1ccn(CCCO)c(=O)n1. The number of carbonyl (C=O) groups is 1. The lowest BCUT2D eigenvalue weighted by atomic mass is 10.2. The number of hydrogen-bond donors (Lipinski definition) is 2. The predicted molar refractivity (Wildman–Crippen MR) is 70.1 cm³/mol. The molecule has 7 heteroatoms. The molecule has 1 rings (SSSR count). The van der Waals surface area contributed by atoms with Crippen LogP contribution < -0.4 is 11.0 Å². The number of anilines is 1. The first-order valence-corrected chi connectivity index (χ1v) is 6.00. The lowest BCUT2D eigenvalue weighted by molar-refractivity contribution is 0.0635. The second-order valence-electron chi connectivity index (χ2n) is 4.99. The van der Waals surface area contributed by atoms with Crippen molar-refractivity contribution in [2.75, 3.05) is 11.9 Å². The van der Waals surface area contributed by atoms with Crippen molar-refractivity contribution in [2.24, 2.45) is 0 Å². The van der Waals surface area contributed by atoms with E-state index >= 15 is 0 Å². The zero-order chi connectivity index (χ0) is 14.5. The summed E-state index contributed by atoms with van der Waals surface area (Å²) in [5.74, 6) is 0.138. The number of hydrogen-bond acceptors (Lipinski definition) is 5. The Hall–Kier alpha value is -1.89. The van der Waals surface area contributed by atoms with Gasteiger partial charge in [-0.2, -0.15) is 4.98 Å². The molecule has 1 amide bonds. The van der Waals surface area contributed by atoms with Gasteiger partial charge in [0.15, 0.2) is 0 Å². The average Bonchev–Trinajstić information content (AvgIpc) is 2.25. The minimum absolute atomic E-state index is 0.00432. The summed E-state index contributed by atoms with van der Waals surface area (Å²) in [6.45, 7) is 5.62. The average molecular weight is 269 g/mol. The monoisotopic (exact) mass is 269 g/mol. The van der Waals surface area contributed by atoms with Crippen LogP contribution in [0.3, 0.4) is 0 Å². The summed E-state index contributed by atoms with van der Waals surface area (Å²) in [6.07, 6.45) is 1.32. The van der Waals surface area contributed by atoms with Crippen LogP contribution in [0, 0.1) is 0 Å². The third kappa shape index (κ3) is 5.52. The molecule has 19 heavy (non-hydrogen) atoms. The van der Waals surface area contributed by atoms with E-state index in [1.165, 1.54) is 16.8 Å². The van der Waals surface area contributed by atoms with E-state index in [1.807, 2.05) is 0 Å². The topological polar surface area (TPSA) is 93.5 Å². The van der Waals surface area contributed by atoms with Crippen LogP contribution in [-0.4, -0.2) is 33.0 Å². The van der Waals surface area contributed by atoms with Crippen LogP contribution in [0.25, 0.3) is 0 Å². The molecule has 0 saturated carbocycles. The standard InChI is InChI=1S/C12H19N3O4/c1-12(2,3)19-11(18)14-9-5-7-15(6-4-8-16)10(17)13-9/h5,7,16H,4,6,8H2,1-3H3,(H,13,14,17,18). The van der Waals surface area contributed by atoms with Crippen LogP contribution in [0.15, 0.2) is 17.1 Å². The number of ether oxygens (including phenoxy) is 1. The van der Waals surface area contributed by atoms with Crippen molar-refractivity contribution >= 4 is 11.9 Å². The third-order valence-corrected chi connectivity index (χ3v) is 2.06. The molecule has 7 nitrogen and oxygen atoms in total. The molecule has 0 unspecified atom stereocenters. The van der Waals surface area contributed by atoms with Gasteiger partial charge in [-0.1, -0.05) is 0 Å². The molecule has 0 spiro atoms. The van der Waals surface area contributed by atoms with Crippen molar-refractivity contribution in [3.63, 3.8) is 0 Å². The van der Waals surface area contributed by atoms with E-state index in [0.717, 1.165) is 0 Å². The molecule has 0 fully saturated rings. The van der Waals surface area contributed by atoms with Crippen molar-refractivity contribution in [1.29, 1.82) is 0 Å². The Morgan fingerprint density at radius 1 is 1.53 bits per heavy atom. The van der Waals surface area contributed by atoms with Crippen LogP contribution in [0.5, 0.6) is 0 Å². The van der Waals surface area contributed by atoms with Crippen molar-refractivity contribution in [1.82, 2.24) is 9.55 Å². The Bertz CT molecular complexity index is 490. The van der Waals surface area contributed by atoms with E-state index < -0.39 is 17.4 Å². The first-order chi connectivity index (χ1) is 8.81. The summed E-state index contributed by atoms with van der Waals surface area (Å²) >= 11 is 0. The lowest BCUT2D eigenvalue weighted by Gasteiger charge is -2.19. The largest absolute Gasteiger partial charge is 0.444 e. The number of nitrogens with zero attached hydrogens (tertiary/aromatic N) is 2. The van der Waals surface area contributed by atoms with Gasteiger partial charge in [0, 0.05) is 19.3 Å². The minimum Gasteiger partial charge on any atom is -0.444 e. The van der Waals surface area contributed by atoms with Gasteiger partial charge in [-0.3, -0.25) is 9.88 Å². The quantitative estimate of drug-likeness (QED) is 0.849. The van der Waals surface area contributed by atoms with E-state index in [2.05, 4.69) is 10.3 Å². The molecule has 0 aliphatic heterocycles. The molecule has 0 atom stereocenters. The lowest BCUT2D eigenvalue weighted by Crippen LogP contribution is -2.29. The molecule has 106 valence electrons. The van der Waals surface area contributed by atoms with Crippen molar-refractivity contribution in [2.45, 2.75) is 39.3 Å². The zero-order valence-corrected chi connectivity index (χ0v) is 11.3. The first-order valence-electron chi connectivity index (χ1n) is 6.00. The Morgan fingerprint density at radius 3 is 2.74 bits per heavy atom. The molecule has 0 aromatic carbocycles. The molecule has 1 heterocycles. The van der Waals surface area contributed by atoms with Crippen LogP contribution in [-0.2, 0) is 11.3 Å². The number of aliphatic hydroxyl groups is 1. The van der Waals surface area contributed by atoms with Gasteiger partial charge >= 0.3 is 11.8 Å². The summed E-state index contributed by atoms with van der Waals surface area (Å²) in [5, 5.41) is 11.1. The summed E-state index contributed by atoms with van der Waals surface area (Å²) in [4.78, 5) is 26.8. The van der Waals surface area contributed by atoms with Gasteiger partial charge < -0.3 is 9.84 Å². The van der Waals surface area contributed by atoms with Gasteiger partial charge in [0.2, 0.25) is 0 Å². The molecule has 1 aromatic rings. The highest BCUT2D eigenvalue weighted by molar-refractivity contribution is 5.83. The minimum atomic E-state index is -0.660. The van der Waals surface area contributed by atoms with Gasteiger partial charge in [0.1, 0.15) is 11.4 Å². The first kappa shape index (κ1) is 15.2. The fourth-order valence-corrected chi connectivity index (χ4v) is 1.32. The molecular formula is C12H19N3O4. The third-order valence-electron chi connectivity index (χ3n) is 2.06. The summed E-state index contributed by atoms with van der Waals surface area (Å²) < 4.78 is 6.40. The number of carbonyl (C=O) groups excluding carboxylic acids is 1. The Kier molecular flexibility index (Phi) is 5.05. The maximum atomic E-state index is 11.6. The smallest absolute Gasteiger partial charge is 0.413 e. The predicted octanol–water partition coefficient (Wildman–Crippen LogP) is 0.973. The maximum Gasteiger partial charge on any atom is 0.413 e. The van der Waals surface area contributed by atoms with Gasteiger partial charge in [-0.15, -0.1) is 0 Å². The van der Waals surface area contributed by atoms with E-state index in [4.69, 9.17) is 9.84 Å². The maximum absolute atomic E-state index is 11.6. The Morgan fingerprint density at radius 2 is 2.21 bits per heavy atom. The van der Waals surface area contributed by atoms with Gasteiger partial charge in [-0.25, -0.2) is 9.59 Å². The van der Waals surface area contributed by atoms with Gasteiger partial charge in [0.05, 0.1) is 0 Å². The zero-order valence-electron chi connectivity index (χ0n) is 11.3. The fourth-order valence-electron chi connectivity index (χ4n) is 1.32. The molecule has 0 saturated heterocycles. The number of aromatic nitrogens is 2. The summed E-state index contributed by atoms with van der Waals surface area (Å²) in [5.41, 5.74) is -1.10. The summed E-state index contributed by atoms with van der Waals surface area (Å²) in [7, 11) is 0. The number of rotatable bonds is 4. The number of aliphatic hydroxyl groups excluding tert-OH is 1. The molecule has 2 N–H and O–H groups in total. The Labute approximate surface area is 111 Å².